The van der Waals surface area contributed by atoms with E-state index in [1.807, 2.05) is 43.0 Å². The van der Waals surface area contributed by atoms with Crippen molar-refractivity contribution < 1.29 is 9.84 Å². The average Bonchev–Trinajstić information content (AvgIpc) is 2.45. The second-order valence-electron chi connectivity index (χ2n) is 5.07. The lowest BCUT2D eigenvalue weighted by Crippen LogP contribution is -2.39. The molecular weight excluding hydrogens is 258 g/mol. The maximum atomic E-state index is 9.90. The van der Waals surface area contributed by atoms with Crippen LogP contribution in [0.15, 0.2) is 24.3 Å². The number of benzene rings is 1. The third-order valence-corrected chi connectivity index (χ3v) is 4.38. The fourth-order valence-corrected chi connectivity index (χ4v) is 3.20. The molecule has 1 heterocycles. The third-order valence-electron chi connectivity index (χ3n) is 3.33. The molecule has 1 unspecified atom stereocenters. The Labute approximate surface area is 119 Å². The number of ether oxygens (including phenoxy) is 1. The summed E-state index contributed by atoms with van der Waals surface area (Å²) in [5, 5.41) is 13.3. The number of hydrogen-bond donors (Lipinski definition) is 2. The largest absolute Gasteiger partial charge is 0.491 e. The van der Waals surface area contributed by atoms with Gasteiger partial charge in [-0.25, -0.2) is 0 Å². The Hall–Kier alpha value is -0.710. The topological polar surface area (TPSA) is 41.5 Å². The van der Waals surface area contributed by atoms with Gasteiger partial charge in [-0.3, -0.25) is 0 Å². The van der Waals surface area contributed by atoms with Gasteiger partial charge < -0.3 is 15.2 Å². The summed E-state index contributed by atoms with van der Waals surface area (Å²) in [7, 11) is 0. The molecule has 0 amide bonds. The van der Waals surface area contributed by atoms with Gasteiger partial charge >= 0.3 is 0 Å². The molecule has 1 aliphatic heterocycles. The van der Waals surface area contributed by atoms with Crippen molar-refractivity contribution in [2.45, 2.75) is 31.9 Å². The molecule has 1 aromatic rings. The molecule has 0 saturated carbocycles. The quantitative estimate of drug-likeness (QED) is 0.839. The normalized spacial score (nSPS) is 18.2. The summed E-state index contributed by atoms with van der Waals surface area (Å²) in [6.07, 6.45) is 1.96. The van der Waals surface area contributed by atoms with E-state index in [1.54, 1.807) is 0 Å². The van der Waals surface area contributed by atoms with E-state index >= 15 is 0 Å². The van der Waals surface area contributed by atoms with Gasteiger partial charge in [0.25, 0.3) is 0 Å². The van der Waals surface area contributed by atoms with Crippen molar-refractivity contribution in [1.29, 1.82) is 0 Å². The van der Waals surface area contributed by atoms with E-state index in [0.29, 0.717) is 19.2 Å². The molecule has 3 nitrogen and oxygen atoms in total. The van der Waals surface area contributed by atoms with Gasteiger partial charge in [0.1, 0.15) is 18.5 Å². The fraction of sp³-hybridized carbons (Fsp3) is 0.600. The third kappa shape index (κ3) is 5.43. The van der Waals surface area contributed by atoms with Crippen LogP contribution in [0.4, 0.5) is 0 Å². The lowest BCUT2D eigenvalue weighted by Gasteiger charge is -2.24. The highest BCUT2D eigenvalue weighted by atomic mass is 32.2. The van der Waals surface area contributed by atoms with Crippen LogP contribution < -0.4 is 10.1 Å². The number of aryl methyl sites for hydroxylation is 1. The van der Waals surface area contributed by atoms with E-state index in [2.05, 4.69) is 5.32 Å². The van der Waals surface area contributed by atoms with Crippen molar-refractivity contribution in [3.63, 3.8) is 0 Å². The maximum absolute atomic E-state index is 9.90. The summed E-state index contributed by atoms with van der Waals surface area (Å²) in [5.41, 5.74) is 1.21. The molecule has 1 aliphatic rings. The second-order valence-corrected chi connectivity index (χ2v) is 6.30. The number of thioether (sulfide) groups is 1. The second kappa shape index (κ2) is 7.78. The highest BCUT2D eigenvalue weighted by Crippen LogP contribution is 2.16. The highest BCUT2D eigenvalue weighted by Gasteiger charge is 2.14. The molecule has 0 spiro atoms. The van der Waals surface area contributed by atoms with Crippen LogP contribution in [-0.4, -0.2) is 41.9 Å². The molecule has 19 heavy (non-hydrogen) atoms. The van der Waals surface area contributed by atoms with Crippen LogP contribution >= 0.6 is 11.8 Å². The van der Waals surface area contributed by atoms with Gasteiger partial charge in [-0.1, -0.05) is 17.7 Å². The number of hydrogen-bond acceptors (Lipinski definition) is 4. The molecule has 0 aliphatic carbocycles. The molecule has 2 rings (SSSR count). The first kappa shape index (κ1) is 14.7. The molecular formula is C15H23NO2S. The number of nitrogens with one attached hydrogen (secondary N) is 1. The van der Waals surface area contributed by atoms with Crippen LogP contribution in [0.1, 0.15) is 18.4 Å². The molecule has 1 atom stereocenters. The SMILES string of the molecule is Cc1ccc(OCC(O)CNC2CCSCC2)cc1. The minimum absolute atomic E-state index is 0.345. The van der Waals surface area contributed by atoms with E-state index in [1.165, 1.54) is 29.9 Å². The lowest BCUT2D eigenvalue weighted by molar-refractivity contribution is 0.103. The molecule has 0 bridgehead atoms. The van der Waals surface area contributed by atoms with Crippen LogP contribution in [0.5, 0.6) is 5.75 Å². The van der Waals surface area contributed by atoms with E-state index in [0.717, 1.165) is 5.75 Å². The maximum Gasteiger partial charge on any atom is 0.119 e. The van der Waals surface area contributed by atoms with E-state index in [-0.39, 0.29) is 0 Å². The molecule has 2 N–H and O–H groups in total. The Morgan fingerprint density at radius 1 is 1.32 bits per heavy atom. The monoisotopic (exact) mass is 281 g/mol. The number of aliphatic hydroxyl groups is 1. The van der Waals surface area contributed by atoms with Crippen LogP contribution in [0.2, 0.25) is 0 Å². The standard InChI is InChI=1S/C15H23NO2S/c1-12-2-4-15(5-3-12)18-11-14(17)10-16-13-6-8-19-9-7-13/h2-5,13-14,16-17H,6-11H2,1H3. The molecule has 106 valence electrons. The van der Waals surface area contributed by atoms with Gasteiger partial charge in [-0.15, -0.1) is 0 Å². The number of aliphatic hydroxyl groups excluding tert-OH is 1. The lowest BCUT2D eigenvalue weighted by atomic mass is 10.1. The van der Waals surface area contributed by atoms with Crippen molar-refractivity contribution in [2.75, 3.05) is 24.7 Å². The highest BCUT2D eigenvalue weighted by molar-refractivity contribution is 7.99. The van der Waals surface area contributed by atoms with E-state index in [4.69, 9.17) is 4.74 Å². The van der Waals surface area contributed by atoms with E-state index < -0.39 is 6.10 Å². The van der Waals surface area contributed by atoms with Gasteiger partial charge in [-0.2, -0.15) is 11.8 Å². The summed E-state index contributed by atoms with van der Waals surface area (Å²) >= 11 is 2.01. The Morgan fingerprint density at radius 2 is 2.00 bits per heavy atom. The van der Waals surface area contributed by atoms with Gasteiger partial charge in [0.15, 0.2) is 0 Å². The van der Waals surface area contributed by atoms with Gasteiger partial charge in [0, 0.05) is 12.6 Å². The smallest absolute Gasteiger partial charge is 0.119 e. The van der Waals surface area contributed by atoms with Gasteiger partial charge in [0.05, 0.1) is 0 Å². The zero-order valence-corrected chi connectivity index (χ0v) is 12.3. The summed E-state index contributed by atoms with van der Waals surface area (Å²) < 4.78 is 5.57. The Balaban J connectivity index is 1.63. The molecule has 4 heteroatoms. The Kier molecular flexibility index (Phi) is 6.01. The Morgan fingerprint density at radius 3 is 2.68 bits per heavy atom. The van der Waals surface area contributed by atoms with Crippen LogP contribution in [0.3, 0.4) is 0 Å². The summed E-state index contributed by atoms with van der Waals surface area (Å²) in [4.78, 5) is 0. The van der Waals surface area contributed by atoms with Crippen LogP contribution in [0, 0.1) is 6.92 Å². The molecule has 1 aromatic carbocycles. The molecule has 0 aromatic heterocycles. The summed E-state index contributed by atoms with van der Waals surface area (Å²) in [5.74, 6) is 3.28. The first-order valence-corrected chi connectivity index (χ1v) is 8.08. The Bertz CT molecular complexity index is 363. The van der Waals surface area contributed by atoms with Crippen molar-refractivity contribution in [3.8, 4) is 5.75 Å². The zero-order chi connectivity index (χ0) is 13.5. The minimum Gasteiger partial charge on any atom is -0.491 e. The molecule has 1 fully saturated rings. The van der Waals surface area contributed by atoms with Crippen molar-refractivity contribution >= 4 is 11.8 Å². The first-order chi connectivity index (χ1) is 9.24. The summed E-state index contributed by atoms with van der Waals surface area (Å²) in [6.45, 7) is 3.00. The van der Waals surface area contributed by atoms with Crippen LogP contribution in [-0.2, 0) is 0 Å². The average molecular weight is 281 g/mol. The van der Waals surface area contributed by atoms with Gasteiger partial charge in [-0.05, 0) is 43.4 Å². The molecule has 1 saturated heterocycles. The first-order valence-electron chi connectivity index (χ1n) is 6.92. The predicted octanol–water partition coefficient (Wildman–Crippen LogP) is 2.22. The van der Waals surface area contributed by atoms with Gasteiger partial charge in [0.2, 0.25) is 0 Å². The van der Waals surface area contributed by atoms with E-state index in [9.17, 15) is 5.11 Å². The van der Waals surface area contributed by atoms with Crippen LogP contribution in [0.25, 0.3) is 0 Å². The fourth-order valence-electron chi connectivity index (χ4n) is 2.09. The van der Waals surface area contributed by atoms with Crippen molar-refractivity contribution in [1.82, 2.24) is 5.32 Å². The van der Waals surface area contributed by atoms with Crippen molar-refractivity contribution in [2.24, 2.45) is 0 Å². The predicted molar refractivity (Wildman–Crippen MR) is 81.0 cm³/mol. The van der Waals surface area contributed by atoms with Crippen molar-refractivity contribution in [3.05, 3.63) is 29.8 Å². The minimum atomic E-state index is -0.448. The molecule has 0 radical (unpaired) electrons. The number of rotatable bonds is 6. The summed E-state index contributed by atoms with van der Waals surface area (Å²) in [6, 6.07) is 8.47. The zero-order valence-electron chi connectivity index (χ0n) is 11.5.